The highest BCUT2D eigenvalue weighted by Crippen LogP contribution is 2.23. The first kappa shape index (κ1) is 16.2. The van der Waals surface area contributed by atoms with E-state index in [1.807, 2.05) is 0 Å². The number of benzene rings is 1. The second-order valence-corrected chi connectivity index (χ2v) is 5.95. The molecular formula is C14H16BrNO4. The maximum Gasteiger partial charge on any atom is 0.412 e. The molecule has 0 heterocycles. The average molecular weight is 342 g/mol. The molecule has 0 aromatic heterocycles. The second-order valence-electron chi connectivity index (χ2n) is 5.03. The first-order chi connectivity index (χ1) is 9.17. The summed E-state index contributed by atoms with van der Waals surface area (Å²) in [5.41, 5.74) is 0.431. The first-order valence-corrected chi connectivity index (χ1v) is 6.67. The second kappa shape index (κ2) is 6.56. The molecule has 1 aromatic rings. The van der Waals surface area contributed by atoms with E-state index < -0.39 is 17.7 Å². The van der Waals surface area contributed by atoms with Crippen LogP contribution in [0.5, 0.6) is 0 Å². The van der Waals surface area contributed by atoms with Gasteiger partial charge in [-0.15, -0.1) is 0 Å². The highest BCUT2D eigenvalue weighted by Gasteiger charge is 2.17. The monoisotopic (exact) mass is 341 g/mol. The summed E-state index contributed by atoms with van der Waals surface area (Å²) in [4.78, 5) is 22.3. The Hall–Kier alpha value is -1.82. The summed E-state index contributed by atoms with van der Waals surface area (Å²) in [6.45, 7) is 5.29. The van der Waals surface area contributed by atoms with Crippen LogP contribution >= 0.6 is 15.9 Å². The molecule has 0 aliphatic rings. The molecule has 0 aliphatic heterocycles. The lowest BCUT2D eigenvalue weighted by Gasteiger charge is -2.20. The van der Waals surface area contributed by atoms with Crippen LogP contribution in [0.2, 0.25) is 0 Å². The van der Waals surface area contributed by atoms with Crippen molar-refractivity contribution in [3.63, 3.8) is 0 Å². The molecule has 0 saturated carbocycles. The van der Waals surface area contributed by atoms with Gasteiger partial charge < -0.3 is 9.84 Å². The van der Waals surface area contributed by atoms with Gasteiger partial charge in [0, 0.05) is 10.5 Å². The molecule has 5 nitrogen and oxygen atoms in total. The average Bonchev–Trinajstić information content (AvgIpc) is 2.24. The molecular weight excluding hydrogens is 326 g/mol. The van der Waals surface area contributed by atoms with Crippen LogP contribution in [0.3, 0.4) is 0 Å². The van der Waals surface area contributed by atoms with Crippen LogP contribution in [0.25, 0.3) is 6.08 Å². The highest BCUT2D eigenvalue weighted by molar-refractivity contribution is 9.10. The molecule has 0 unspecified atom stereocenters. The fourth-order valence-corrected chi connectivity index (χ4v) is 1.72. The van der Waals surface area contributed by atoms with E-state index in [9.17, 15) is 9.59 Å². The summed E-state index contributed by atoms with van der Waals surface area (Å²) in [5.74, 6) is -1.06. The summed E-state index contributed by atoms with van der Waals surface area (Å²) in [6, 6.07) is 5.11. The maximum absolute atomic E-state index is 11.7. The van der Waals surface area contributed by atoms with Gasteiger partial charge in [-0.1, -0.05) is 22.0 Å². The molecule has 0 saturated heterocycles. The number of carboxylic acids is 1. The van der Waals surface area contributed by atoms with Crippen LogP contribution < -0.4 is 5.32 Å². The van der Waals surface area contributed by atoms with Crippen molar-refractivity contribution in [3.8, 4) is 0 Å². The van der Waals surface area contributed by atoms with Gasteiger partial charge >= 0.3 is 12.1 Å². The third-order valence-electron chi connectivity index (χ3n) is 2.06. The van der Waals surface area contributed by atoms with E-state index in [1.165, 1.54) is 6.08 Å². The Labute approximate surface area is 125 Å². The molecule has 1 amide bonds. The Balaban J connectivity index is 2.95. The number of carboxylic acid groups (broad SMARTS) is 1. The van der Waals surface area contributed by atoms with Crippen LogP contribution in [0.1, 0.15) is 26.3 Å². The van der Waals surface area contributed by atoms with Crippen LogP contribution in [-0.4, -0.2) is 22.8 Å². The van der Waals surface area contributed by atoms with Crippen LogP contribution in [0.15, 0.2) is 28.7 Å². The van der Waals surface area contributed by atoms with E-state index in [0.717, 1.165) is 10.5 Å². The molecule has 0 bridgehead atoms. The van der Waals surface area contributed by atoms with Crippen LogP contribution in [-0.2, 0) is 9.53 Å². The number of carbonyl (C=O) groups is 2. The fraction of sp³-hybridized carbons (Fsp3) is 0.286. The Morgan fingerprint density at radius 2 is 2.00 bits per heavy atom. The normalized spacial score (nSPS) is 11.4. The molecule has 20 heavy (non-hydrogen) atoms. The number of carbonyl (C=O) groups excluding carboxylic acids is 1. The number of anilines is 1. The largest absolute Gasteiger partial charge is 0.478 e. The van der Waals surface area contributed by atoms with Gasteiger partial charge in [0.15, 0.2) is 0 Å². The number of ether oxygens (including phenoxy) is 1. The standard InChI is InChI=1S/C14H16BrNO4/c1-14(2,3)20-13(19)16-11-8-10(15)6-4-9(11)5-7-12(17)18/h4-8H,1-3H3,(H,16,19)(H,17,18)/b7-5+. The third-order valence-corrected chi connectivity index (χ3v) is 2.55. The van der Waals surface area contributed by atoms with Crippen molar-refractivity contribution >= 4 is 39.8 Å². The summed E-state index contributed by atoms with van der Waals surface area (Å²) in [7, 11) is 0. The minimum Gasteiger partial charge on any atom is -0.478 e. The zero-order valence-corrected chi connectivity index (χ0v) is 13.0. The van der Waals surface area contributed by atoms with E-state index in [2.05, 4.69) is 21.2 Å². The fourth-order valence-electron chi connectivity index (χ4n) is 1.36. The number of nitrogens with one attached hydrogen (secondary N) is 1. The van der Waals surface area contributed by atoms with Crippen LogP contribution in [0, 0.1) is 0 Å². The molecule has 2 N–H and O–H groups in total. The molecule has 0 atom stereocenters. The van der Waals surface area contributed by atoms with Crippen molar-refractivity contribution in [1.82, 2.24) is 0 Å². The smallest absolute Gasteiger partial charge is 0.412 e. The zero-order valence-electron chi connectivity index (χ0n) is 11.4. The van der Waals surface area contributed by atoms with Gasteiger partial charge in [0.2, 0.25) is 0 Å². The summed E-state index contributed by atoms with van der Waals surface area (Å²) >= 11 is 3.30. The van der Waals surface area contributed by atoms with E-state index in [0.29, 0.717) is 11.3 Å². The van der Waals surface area contributed by atoms with Gasteiger partial charge in [-0.3, -0.25) is 5.32 Å². The van der Waals surface area contributed by atoms with Gasteiger partial charge in [-0.05, 0) is 44.5 Å². The SMILES string of the molecule is CC(C)(C)OC(=O)Nc1cc(Br)ccc1/C=C/C(=O)O. The summed E-state index contributed by atoms with van der Waals surface area (Å²) in [6.07, 6.45) is 1.81. The van der Waals surface area contributed by atoms with Crippen molar-refractivity contribution in [2.24, 2.45) is 0 Å². The number of hydrogen-bond donors (Lipinski definition) is 2. The zero-order chi connectivity index (χ0) is 15.3. The minimum atomic E-state index is -1.06. The molecule has 0 fully saturated rings. The number of halogens is 1. The Morgan fingerprint density at radius 3 is 2.55 bits per heavy atom. The number of amides is 1. The van der Waals surface area contributed by atoms with Gasteiger partial charge in [-0.25, -0.2) is 9.59 Å². The summed E-state index contributed by atoms with van der Waals surface area (Å²) in [5, 5.41) is 11.2. The number of hydrogen-bond acceptors (Lipinski definition) is 3. The topological polar surface area (TPSA) is 75.6 Å². The predicted octanol–water partition coefficient (Wildman–Crippen LogP) is 3.89. The molecule has 1 rings (SSSR count). The number of rotatable bonds is 3. The predicted molar refractivity (Wildman–Crippen MR) is 80.7 cm³/mol. The molecule has 1 aromatic carbocycles. The molecule has 0 spiro atoms. The maximum atomic E-state index is 11.7. The van der Waals surface area contributed by atoms with E-state index in [1.54, 1.807) is 39.0 Å². The first-order valence-electron chi connectivity index (χ1n) is 5.88. The lowest BCUT2D eigenvalue weighted by atomic mass is 10.1. The van der Waals surface area contributed by atoms with Crippen molar-refractivity contribution < 1.29 is 19.4 Å². The molecule has 0 aliphatic carbocycles. The number of aliphatic carboxylic acids is 1. The molecule has 0 radical (unpaired) electrons. The van der Waals surface area contributed by atoms with E-state index >= 15 is 0 Å². The van der Waals surface area contributed by atoms with E-state index in [4.69, 9.17) is 9.84 Å². The van der Waals surface area contributed by atoms with Crippen molar-refractivity contribution in [2.75, 3.05) is 5.32 Å². The van der Waals surface area contributed by atoms with Gasteiger partial charge in [0.1, 0.15) is 5.60 Å². The van der Waals surface area contributed by atoms with Crippen LogP contribution in [0.4, 0.5) is 10.5 Å². The Morgan fingerprint density at radius 1 is 1.35 bits per heavy atom. The van der Waals surface area contributed by atoms with Crippen molar-refractivity contribution in [1.29, 1.82) is 0 Å². The quantitative estimate of drug-likeness (QED) is 0.817. The molecule has 108 valence electrons. The lowest BCUT2D eigenvalue weighted by Crippen LogP contribution is -2.27. The van der Waals surface area contributed by atoms with Gasteiger partial charge in [0.25, 0.3) is 0 Å². The highest BCUT2D eigenvalue weighted by atomic mass is 79.9. The van der Waals surface area contributed by atoms with Crippen molar-refractivity contribution in [2.45, 2.75) is 26.4 Å². The lowest BCUT2D eigenvalue weighted by molar-refractivity contribution is -0.131. The molecule has 6 heteroatoms. The summed E-state index contributed by atoms with van der Waals surface area (Å²) < 4.78 is 5.92. The minimum absolute atomic E-state index is 0.464. The van der Waals surface area contributed by atoms with E-state index in [-0.39, 0.29) is 0 Å². The van der Waals surface area contributed by atoms with Crippen molar-refractivity contribution in [3.05, 3.63) is 34.3 Å². The Kier molecular flexibility index (Phi) is 5.33. The third kappa shape index (κ3) is 5.88. The Bertz CT molecular complexity index is 547. The van der Waals surface area contributed by atoms with Gasteiger partial charge in [0.05, 0.1) is 5.69 Å². The van der Waals surface area contributed by atoms with Gasteiger partial charge in [-0.2, -0.15) is 0 Å².